The second-order valence-electron chi connectivity index (χ2n) is 7.25. The molecule has 2 atom stereocenters. The van der Waals surface area contributed by atoms with Gasteiger partial charge in [0.25, 0.3) is 0 Å². The maximum absolute atomic E-state index is 12.7. The van der Waals surface area contributed by atoms with Crippen LogP contribution in [0.3, 0.4) is 0 Å². The molecule has 0 aromatic carbocycles. The molecular weight excluding hydrogens is 300 g/mol. The molecule has 7 nitrogen and oxygen atoms in total. The summed E-state index contributed by atoms with van der Waals surface area (Å²) in [5.41, 5.74) is -0.663. The zero-order valence-corrected chi connectivity index (χ0v) is 14.6. The summed E-state index contributed by atoms with van der Waals surface area (Å²) < 4.78 is 5.19. The van der Waals surface area contributed by atoms with Crippen LogP contribution in [0.4, 0.5) is 4.79 Å². The Morgan fingerprint density at radius 1 is 1.22 bits per heavy atom. The van der Waals surface area contributed by atoms with Crippen LogP contribution in [0.1, 0.15) is 53.9 Å². The van der Waals surface area contributed by atoms with Gasteiger partial charge in [-0.25, -0.2) is 9.59 Å². The summed E-state index contributed by atoms with van der Waals surface area (Å²) in [4.78, 5) is 37.4. The van der Waals surface area contributed by atoms with Crippen molar-refractivity contribution >= 4 is 18.0 Å². The Labute approximate surface area is 137 Å². The highest BCUT2D eigenvalue weighted by atomic mass is 16.6. The Hall–Kier alpha value is -1.79. The van der Waals surface area contributed by atoms with Crippen LogP contribution in [-0.4, -0.2) is 52.2 Å². The van der Waals surface area contributed by atoms with Gasteiger partial charge in [0.2, 0.25) is 5.91 Å². The van der Waals surface area contributed by atoms with Gasteiger partial charge in [-0.1, -0.05) is 13.8 Å². The number of rotatable bonds is 4. The van der Waals surface area contributed by atoms with Crippen LogP contribution < -0.4 is 5.32 Å². The lowest BCUT2D eigenvalue weighted by Crippen LogP contribution is -2.57. The van der Waals surface area contributed by atoms with Gasteiger partial charge in [-0.2, -0.15) is 0 Å². The zero-order valence-electron chi connectivity index (χ0n) is 14.6. The molecule has 0 radical (unpaired) electrons. The molecule has 1 aliphatic rings. The standard InChI is InChI=1S/C16H28N2O5/c1-10(2)12(17-15(22)23-16(3,4)5)13(19)18-9-7-6-8-11(18)14(20)21/h10-12H,6-9H2,1-5H3,(H,17,22)(H,20,21)/t11?,12-/m0/s1. The van der Waals surface area contributed by atoms with Gasteiger partial charge in [0, 0.05) is 6.54 Å². The van der Waals surface area contributed by atoms with Gasteiger partial charge in [-0.05, 0) is 46.0 Å². The molecule has 23 heavy (non-hydrogen) atoms. The highest BCUT2D eigenvalue weighted by Gasteiger charge is 2.37. The van der Waals surface area contributed by atoms with E-state index in [1.54, 1.807) is 34.6 Å². The fourth-order valence-electron chi connectivity index (χ4n) is 2.58. The summed E-state index contributed by atoms with van der Waals surface area (Å²) in [6, 6.07) is -1.62. The highest BCUT2D eigenvalue weighted by molar-refractivity contribution is 5.89. The predicted octanol–water partition coefficient (Wildman–Crippen LogP) is 2.00. The maximum Gasteiger partial charge on any atom is 0.408 e. The van der Waals surface area contributed by atoms with E-state index in [1.807, 2.05) is 0 Å². The van der Waals surface area contributed by atoms with E-state index < -0.39 is 29.7 Å². The number of carbonyl (C=O) groups is 3. The molecule has 0 aromatic heterocycles. The summed E-state index contributed by atoms with van der Waals surface area (Å²) in [6.45, 7) is 9.23. The Balaban J connectivity index is 2.85. The van der Waals surface area contributed by atoms with Gasteiger partial charge in [-0.15, -0.1) is 0 Å². The Morgan fingerprint density at radius 3 is 2.30 bits per heavy atom. The molecule has 2 N–H and O–H groups in total. The summed E-state index contributed by atoms with van der Waals surface area (Å²) in [5.74, 6) is -1.54. The topological polar surface area (TPSA) is 95.9 Å². The van der Waals surface area contributed by atoms with Crippen molar-refractivity contribution in [1.82, 2.24) is 10.2 Å². The number of alkyl carbamates (subject to hydrolysis) is 1. The van der Waals surface area contributed by atoms with Gasteiger partial charge < -0.3 is 20.1 Å². The number of hydrogen-bond acceptors (Lipinski definition) is 4. The van der Waals surface area contributed by atoms with Crippen LogP contribution >= 0.6 is 0 Å². The smallest absolute Gasteiger partial charge is 0.408 e. The summed E-state index contributed by atoms with van der Waals surface area (Å²) in [6.07, 6.45) is 1.32. The monoisotopic (exact) mass is 328 g/mol. The normalized spacial score (nSPS) is 20.1. The number of amides is 2. The van der Waals surface area contributed by atoms with Crippen LogP contribution in [0.2, 0.25) is 0 Å². The predicted molar refractivity (Wildman–Crippen MR) is 85.0 cm³/mol. The lowest BCUT2D eigenvalue weighted by Gasteiger charge is -2.36. The third-order valence-corrected chi connectivity index (χ3v) is 3.68. The lowest BCUT2D eigenvalue weighted by atomic mass is 9.97. The molecular formula is C16H28N2O5. The summed E-state index contributed by atoms with van der Waals surface area (Å²) >= 11 is 0. The van der Waals surface area contributed by atoms with Crippen molar-refractivity contribution in [1.29, 1.82) is 0 Å². The first-order valence-corrected chi connectivity index (χ1v) is 8.05. The quantitative estimate of drug-likeness (QED) is 0.823. The molecule has 2 amide bonds. The SMILES string of the molecule is CC(C)[C@H](NC(=O)OC(C)(C)C)C(=O)N1CCCCC1C(=O)O. The van der Waals surface area contributed by atoms with Crippen LogP contribution in [0.15, 0.2) is 0 Å². The number of hydrogen-bond donors (Lipinski definition) is 2. The second kappa shape index (κ2) is 7.66. The molecule has 0 aromatic rings. The fraction of sp³-hybridized carbons (Fsp3) is 0.812. The first-order valence-electron chi connectivity index (χ1n) is 8.05. The molecule has 1 heterocycles. The fourth-order valence-corrected chi connectivity index (χ4v) is 2.58. The van der Waals surface area contributed by atoms with Gasteiger partial charge in [0.05, 0.1) is 0 Å². The number of piperidine rings is 1. The molecule has 7 heteroatoms. The van der Waals surface area contributed by atoms with Crippen molar-refractivity contribution in [2.45, 2.75) is 71.6 Å². The molecule has 0 spiro atoms. The van der Waals surface area contributed by atoms with Crippen LogP contribution in [0.5, 0.6) is 0 Å². The minimum atomic E-state index is -1.00. The largest absolute Gasteiger partial charge is 0.480 e. The van der Waals surface area contributed by atoms with Crippen LogP contribution in [0.25, 0.3) is 0 Å². The highest BCUT2D eigenvalue weighted by Crippen LogP contribution is 2.20. The van der Waals surface area contributed by atoms with Gasteiger partial charge in [0.15, 0.2) is 0 Å². The maximum atomic E-state index is 12.7. The Bertz CT molecular complexity index is 456. The molecule has 0 bridgehead atoms. The van der Waals surface area contributed by atoms with Gasteiger partial charge in [-0.3, -0.25) is 4.79 Å². The van der Waals surface area contributed by atoms with E-state index in [0.717, 1.165) is 12.8 Å². The molecule has 1 saturated heterocycles. The van der Waals surface area contributed by atoms with Crippen LogP contribution in [0, 0.1) is 5.92 Å². The number of carbonyl (C=O) groups excluding carboxylic acids is 2. The summed E-state index contributed by atoms with van der Waals surface area (Å²) in [7, 11) is 0. The van der Waals surface area contributed by atoms with Gasteiger partial charge in [0.1, 0.15) is 17.7 Å². The number of nitrogens with one attached hydrogen (secondary N) is 1. The minimum Gasteiger partial charge on any atom is -0.480 e. The van der Waals surface area contributed by atoms with Crippen molar-refractivity contribution in [2.24, 2.45) is 5.92 Å². The third-order valence-electron chi connectivity index (χ3n) is 3.68. The average Bonchev–Trinajstić information content (AvgIpc) is 2.41. The molecule has 1 aliphatic heterocycles. The number of likely N-dealkylation sites (tertiary alicyclic amines) is 1. The van der Waals surface area contributed by atoms with Crippen molar-refractivity contribution < 1.29 is 24.2 Å². The molecule has 0 saturated carbocycles. The average molecular weight is 328 g/mol. The Kier molecular flexibility index (Phi) is 6.41. The van der Waals surface area contributed by atoms with Crippen LogP contribution in [-0.2, 0) is 14.3 Å². The van der Waals surface area contributed by atoms with E-state index >= 15 is 0 Å². The number of nitrogens with zero attached hydrogens (tertiary/aromatic N) is 1. The molecule has 1 unspecified atom stereocenters. The molecule has 1 fully saturated rings. The number of carboxylic acids is 1. The van der Waals surface area contributed by atoms with Crippen molar-refractivity contribution in [2.75, 3.05) is 6.54 Å². The number of carboxylic acid groups (broad SMARTS) is 1. The van der Waals surface area contributed by atoms with E-state index in [1.165, 1.54) is 4.90 Å². The van der Waals surface area contributed by atoms with Gasteiger partial charge >= 0.3 is 12.1 Å². The van der Waals surface area contributed by atoms with E-state index in [4.69, 9.17) is 4.74 Å². The van der Waals surface area contributed by atoms with E-state index in [9.17, 15) is 19.5 Å². The number of ether oxygens (including phenoxy) is 1. The van der Waals surface area contributed by atoms with Crippen molar-refractivity contribution in [3.63, 3.8) is 0 Å². The third kappa shape index (κ3) is 5.73. The van der Waals surface area contributed by atoms with Crippen molar-refractivity contribution in [3.8, 4) is 0 Å². The summed E-state index contributed by atoms with van der Waals surface area (Å²) in [5, 5.41) is 11.9. The Morgan fingerprint density at radius 2 is 1.83 bits per heavy atom. The first-order chi connectivity index (χ1) is 10.5. The zero-order chi connectivity index (χ0) is 17.8. The second-order valence-corrected chi connectivity index (χ2v) is 7.25. The van der Waals surface area contributed by atoms with E-state index in [0.29, 0.717) is 13.0 Å². The molecule has 0 aliphatic carbocycles. The van der Waals surface area contributed by atoms with Crippen molar-refractivity contribution in [3.05, 3.63) is 0 Å². The molecule has 132 valence electrons. The minimum absolute atomic E-state index is 0.175. The van der Waals surface area contributed by atoms with E-state index in [2.05, 4.69) is 5.32 Å². The van der Waals surface area contributed by atoms with E-state index in [-0.39, 0.29) is 11.8 Å². The lowest BCUT2D eigenvalue weighted by molar-refractivity contribution is -0.153. The molecule has 1 rings (SSSR count). The first kappa shape index (κ1) is 19.3. The number of aliphatic carboxylic acids is 1.